The number of esters is 2. The lowest BCUT2D eigenvalue weighted by Gasteiger charge is -2.22. The fourth-order valence-electron chi connectivity index (χ4n) is 2.02. The van der Waals surface area contributed by atoms with Gasteiger partial charge in [-0.25, -0.2) is 0 Å². The van der Waals surface area contributed by atoms with Gasteiger partial charge in [-0.15, -0.1) is 0 Å². The van der Waals surface area contributed by atoms with Crippen LogP contribution in [0.5, 0.6) is 0 Å². The molecule has 0 aromatic heterocycles. The van der Waals surface area contributed by atoms with Crippen LogP contribution in [0.3, 0.4) is 0 Å². The van der Waals surface area contributed by atoms with Crippen LogP contribution in [0.2, 0.25) is 0 Å². The van der Waals surface area contributed by atoms with Crippen molar-refractivity contribution in [1.29, 1.82) is 0 Å². The molecule has 6 nitrogen and oxygen atoms in total. The molecule has 6 heteroatoms. The molecule has 0 spiro atoms. The van der Waals surface area contributed by atoms with Gasteiger partial charge in [0, 0.05) is 14.0 Å². The Hall–Kier alpha value is -2.47. The maximum Gasteiger partial charge on any atom is 0.313 e. The molecule has 0 saturated heterocycles. The first-order chi connectivity index (χ1) is 11.5. The number of hydrogen-bond donors (Lipinski definition) is 0. The summed E-state index contributed by atoms with van der Waals surface area (Å²) in [6.45, 7) is 3.01. The summed E-state index contributed by atoms with van der Waals surface area (Å²) in [4.78, 5) is 35.1. The van der Waals surface area contributed by atoms with E-state index in [1.807, 2.05) is 30.3 Å². The average Bonchev–Trinajstić information content (AvgIpc) is 2.55. The minimum absolute atomic E-state index is 0.173. The number of methoxy groups -OCH3 is 1. The third-order valence-corrected chi connectivity index (χ3v) is 3.08. The Morgan fingerprint density at radius 3 is 2.38 bits per heavy atom. The highest BCUT2D eigenvalue weighted by Gasteiger charge is 2.31. The highest BCUT2D eigenvalue weighted by Crippen LogP contribution is 2.12. The van der Waals surface area contributed by atoms with E-state index >= 15 is 0 Å². The molecule has 0 heterocycles. The summed E-state index contributed by atoms with van der Waals surface area (Å²) in [6.07, 6.45) is 0.868. The molecule has 24 heavy (non-hydrogen) atoms. The van der Waals surface area contributed by atoms with Gasteiger partial charge in [-0.05, 0) is 12.5 Å². The normalized spacial score (nSPS) is 13.3. The van der Waals surface area contributed by atoms with Crippen molar-refractivity contribution in [3.8, 4) is 0 Å². The zero-order chi connectivity index (χ0) is 17.9. The molecule has 1 rings (SSSR count). The summed E-state index contributed by atoms with van der Waals surface area (Å²) < 4.78 is 15.1. The largest absolute Gasteiger partial charge is 0.466 e. The lowest BCUT2D eigenvalue weighted by Crippen LogP contribution is -2.39. The Bertz CT molecular complexity index is 578. The number of benzene rings is 1. The third-order valence-electron chi connectivity index (χ3n) is 3.08. The average molecular weight is 334 g/mol. The van der Waals surface area contributed by atoms with Gasteiger partial charge >= 0.3 is 11.9 Å². The molecule has 130 valence electrons. The SMILES string of the molecule is CCOC(=O)CC(=O)C(OC(C)=O)C(/C=C/c1ccccc1)OC. The molecular formula is C18H22O6. The summed E-state index contributed by atoms with van der Waals surface area (Å²) in [5, 5.41) is 0. The van der Waals surface area contributed by atoms with Gasteiger partial charge in [-0.1, -0.05) is 42.5 Å². The van der Waals surface area contributed by atoms with Gasteiger partial charge < -0.3 is 14.2 Å². The van der Waals surface area contributed by atoms with Gasteiger partial charge in [0.2, 0.25) is 0 Å². The smallest absolute Gasteiger partial charge is 0.313 e. The van der Waals surface area contributed by atoms with Crippen molar-refractivity contribution in [2.75, 3.05) is 13.7 Å². The van der Waals surface area contributed by atoms with Crippen LogP contribution < -0.4 is 0 Å². The lowest BCUT2D eigenvalue weighted by atomic mass is 10.0. The molecule has 1 aromatic rings. The molecule has 0 amide bonds. The third kappa shape index (κ3) is 6.75. The maximum absolute atomic E-state index is 12.3. The molecule has 0 fully saturated rings. The van der Waals surface area contributed by atoms with Crippen LogP contribution in [0.25, 0.3) is 6.08 Å². The minimum Gasteiger partial charge on any atom is -0.466 e. The van der Waals surface area contributed by atoms with Crippen LogP contribution in [0.4, 0.5) is 0 Å². The first-order valence-electron chi connectivity index (χ1n) is 7.59. The summed E-state index contributed by atoms with van der Waals surface area (Å²) >= 11 is 0. The van der Waals surface area contributed by atoms with E-state index in [4.69, 9.17) is 14.2 Å². The van der Waals surface area contributed by atoms with Gasteiger partial charge in [0.1, 0.15) is 12.5 Å². The maximum atomic E-state index is 12.3. The highest BCUT2D eigenvalue weighted by atomic mass is 16.6. The second-order valence-corrected chi connectivity index (χ2v) is 4.95. The number of ether oxygens (including phenoxy) is 3. The number of ketones is 1. The van der Waals surface area contributed by atoms with Crippen molar-refractivity contribution >= 4 is 23.8 Å². The van der Waals surface area contributed by atoms with Crippen LogP contribution in [0, 0.1) is 0 Å². The van der Waals surface area contributed by atoms with E-state index in [-0.39, 0.29) is 6.61 Å². The van der Waals surface area contributed by atoms with E-state index in [1.165, 1.54) is 14.0 Å². The number of rotatable bonds is 9. The summed E-state index contributed by atoms with van der Waals surface area (Å²) in [5.74, 6) is -1.87. The van der Waals surface area contributed by atoms with E-state index in [0.29, 0.717) is 0 Å². The molecule has 0 aliphatic carbocycles. The molecule has 2 atom stereocenters. The van der Waals surface area contributed by atoms with Crippen LogP contribution in [0.1, 0.15) is 25.8 Å². The van der Waals surface area contributed by atoms with Crippen LogP contribution in [-0.4, -0.2) is 43.6 Å². The molecule has 1 aromatic carbocycles. The summed E-state index contributed by atoms with van der Waals surface area (Å²) in [5.41, 5.74) is 0.902. The van der Waals surface area contributed by atoms with E-state index < -0.39 is 36.4 Å². The Balaban J connectivity index is 2.89. The molecule has 0 radical (unpaired) electrons. The van der Waals surface area contributed by atoms with Crippen molar-refractivity contribution in [2.45, 2.75) is 32.5 Å². The Kier molecular flexibility index (Phi) is 8.43. The van der Waals surface area contributed by atoms with Crippen LogP contribution in [-0.2, 0) is 28.6 Å². The van der Waals surface area contributed by atoms with Crippen molar-refractivity contribution < 1.29 is 28.6 Å². The van der Waals surface area contributed by atoms with Gasteiger partial charge in [-0.2, -0.15) is 0 Å². The minimum atomic E-state index is -1.21. The number of carbonyl (C=O) groups excluding carboxylic acids is 3. The van der Waals surface area contributed by atoms with Gasteiger partial charge in [0.15, 0.2) is 11.9 Å². The number of hydrogen-bond acceptors (Lipinski definition) is 6. The summed E-state index contributed by atoms with van der Waals surface area (Å²) in [6, 6.07) is 9.39. The predicted molar refractivity (Wildman–Crippen MR) is 88.1 cm³/mol. The molecule has 2 unspecified atom stereocenters. The second-order valence-electron chi connectivity index (χ2n) is 4.95. The first-order valence-corrected chi connectivity index (χ1v) is 7.59. The van der Waals surface area contributed by atoms with Crippen LogP contribution in [0.15, 0.2) is 36.4 Å². The van der Waals surface area contributed by atoms with Gasteiger partial charge in [0.05, 0.1) is 6.61 Å². The standard InChI is InChI=1S/C18H22O6/c1-4-23-17(21)12-15(20)18(24-13(2)19)16(22-3)11-10-14-8-6-5-7-9-14/h5-11,16,18H,4,12H2,1-3H3/b11-10+. The topological polar surface area (TPSA) is 78.9 Å². The van der Waals surface area contributed by atoms with Crippen molar-refractivity contribution in [1.82, 2.24) is 0 Å². The second kappa shape index (κ2) is 10.3. The zero-order valence-electron chi connectivity index (χ0n) is 14.1. The molecule has 0 saturated carbocycles. The van der Waals surface area contributed by atoms with Crippen molar-refractivity contribution in [3.63, 3.8) is 0 Å². The van der Waals surface area contributed by atoms with E-state index in [0.717, 1.165) is 5.56 Å². The Morgan fingerprint density at radius 1 is 1.17 bits per heavy atom. The number of Topliss-reactive ketones (excluding diaryl/α,β-unsaturated/α-hetero) is 1. The monoisotopic (exact) mass is 334 g/mol. The first kappa shape index (κ1) is 19.6. The quantitative estimate of drug-likeness (QED) is 0.509. The highest BCUT2D eigenvalue weighted by molar-refractivity contribution is 5.99. The predicted octanol–water partition coefficient (Wildman–Crippen LogP) is 2.17. The molecule has 0 aliphatic heterocycles. The van der Waals surface area contributed by atoms with Gasteiger partial charge in [0.25, 0.3) is 0 Å². The van der Waals surface area contributed by atoms with E-state index in [9.17, 15) is 14.4 Å². The van der Waals surface area contributed by atoms with Gasteiger partial charge in [-0.3, -0.25) is 14.4 Å². The van der Waals surface area contributed by atoms with E-state index in [1.54, 1.807) is 19.1 Å². The zero-order valence-corrected chi connectivity index (χ0v) is 14.1. The fraction of sp³-hybridized carbons (Fsp3) is 0.389. The summed E-state index contributed by atoms with van der Waals surface area (Å²) in [7, 11) is 1.40. The van der Waals surface area contributed by atoms with Crippen molar-refractivity contribution in [3.05, 3.63) is 42.0 Å². The number of carbonyl (C=O) groups is 3. The Labute approximate surface area is 141 Å². The molecular weight excluding hydrogens is 312 g/mol. The molecule has 0 aliphatic rings. The molecule has 0 N–H and O–H groups in total. The van der Waals surface area contributed by atoms with Crippen LogP contribution >= 0.6 is 0 Å². The van der Waals surface area contributed by atoms with Crippen molar-refractivity contribution in [2.24, 2.45) is 0 Å². The molecule has 0 bridgehead atoms. The van der Waals surface area contributed by atoms with E-state index in [2.05, 4.69) is 0 Å². The Morgan fingerprint density at radius 2 is 1.83 bits per heavy atom. The fourth-order valence-corrected chi connectivity index (χ4v) is 2.02. The lowest BCUT2D eigenvalue weighted by molar-refractivity contribution is -0.162.